The van der Waals surface area contributed by atoms with Gasteiger partial charge in [-0.25, -0.2) is 9.78 Å². The van der Waals surface area contributed by atoms with Crippen LogP contribution in [0, 0.1) is 0 Å². The van der Waals surface area contributed by atoms with E-state index < -0.39 is 17.2 Å². The Morgan fingerprint density at radius 3 is 2.82 bits per heavy atom. The largest absolute Gasteiger partial charge is 0.341 e. The van der Waals surface area contributed by atoms with E-state index >= 15 is 0 Å². The van der Waals surface area contributed by atoms with Crippen LogP contribution in [0.2, 0.25) is 0 Å². The maximum absolute atomic E-state index is 11.5. The molecular formula is C9H12N4O3S. The average Bonchev–Trinajstić information content (AvgIpc) is 2.28. The molecule has 0 radical (unpaired) electrons. The summed E-state index contributed by atoms with van der Waals surface area (Å²) in [5.41, 5.74) is -0.290. The van der Waals surface area contributed by atoms with Crippen LogP contribution in [0.25, 0.3) is 0 Å². The summed E-state index contributed by atoms with van der Waals surface area (Å²) in [6.45, 7) is 1.61. The van der Waals surface area contributed by atoms with Crippen LogP contribution in [0.4, 0.5) is 4.79 Å². The van der Waals surface area contributed by atoms with Crippen LogP contribution in [-0.2, 0) is 4.79 Å². The molecule has 7 nitrogen and oxygen atoms in total. The van der Waals surface area contributed by atoms with Gasteiger partial charge in [0.25, 0.3) is 5.56 Å². The lowest BCUT2D eigenvalue weighted by molar-refractivity contribution is -0.119. The zero-order chi connectivity index (χ0) is 12.8. The number of urea groups is 1. The molecule has 3 amide bonds. The van der Waals surface area contributed by atoms with Gasteiger partial charge in [-0.15, -0.1) is 0 Å². The molecule has 0 spiro atoms. The smallest absolute Gasteiger partial charge is 0.321 e. The van der Waals surface area contributed by atoms with Crippen LogP contribution >= 0.6 is 11.8 Å². The third kappa shape index (κ3) is 4.27. The molecule has 0 aromatic carbocycles. The third-order valence-electron chi connectivity index (χ3n) is 1.77. The van der Waals surface area contributed by atoms with Crippen molar-refractivity contribution >= 4 is 23.7 Å². The monoisotopic (exact) mass is 256 g/mol. The topological polar surface area (TPSA) is 104 Å². The Labute approximate surface area is 101 Å². The predicted octanol–water partition coefficient (Wildman–Crippen LogP) is -0.294. The molecule has 17 heavy (non-hydrogen) atoms. The van der Waals surface area contributed by atoms with Gasteiger partial charge >= 0.3 is 6.03 Å². The summed E-state index contributed by atoms with van der Waals surface area (Å²) in [7, 11) is 1.41. The number of thioether (sulfide) groups is 1. The molecule has 1 aromatic rings. The van der Waals surface area contributed by atoms with Gasteiger partial charge in [0.2, 0.25) is 5.91 Å². The summed E-state index contributed by atoms with van der Waals surface area (Å²) in [6, 6.07) is 0.705. The highest BCUT2D eigenvalue weighted by atomic mass is 32.2. The van der Waals surface area contributed by atoms with Gasteiger partial charge in [0.1, 0.15) is 0 Å². The minimum Gasteiger partial charge on any atom is -0.341 e. The second kappa shape index (κ2) is 6.04. The average molecular weight is 256 g/mol. The molecule has 1 atom stereocenters. The van der Waals surface area contributed by atoms with E-state index in [4.69, 9.17) is 0 Å². The second-order valence-corrected chi connectivity index (χ2v) is 4.40. The van der Waals surface area contributed by atoms with Crippen molar-refractivity contribution in [3.63, 3.8) is 0 Å². The Morgan fingerprint density at radius 1 is 1.53 bits per heavy atom. The van der Waals surface area contributed by atoms with Gasteiger partial charge in [-0.2, -0.15) is 0 Å². The van der Waals surface area contributed by atoms with Crippen molar-refractivity contribution in [3.8, 4) is 0 Å². The predicted molar refractivity (Wildman–Crippen MR) is 62.8 cm³/mol. The number of imide groups is 1. The molecule has 0 fully saturated rings. The summed E-state index contributed by atoms with van der Waals surface area (Å²) >= 11 is 1.06. The number of hydrogen-bond acceptors (Lipinski definition) is 5. The third-order valence-corrected chi connectivity index (χ3v) is 2.77. The molecule has 0 aliphatic carbocycles. The van der Waals surface area contributed by atoms with E-state index in [9.17, 15) is 14.4 Å². The minimum absolute atomic E-state index is 0.290. The molecule has 0 unspecified atom stereocenters. The van der Waals surface area contributed by atoms with Crippen molar-refractivity contribution in [2.45, 2.75) is 17.3 Å². The molecule has 1 aromatic heterocycles. The molecular weight excluding hydrogens is 244 g/mol. The summed E-state index contributed by atoms with van der Waals surface area (Å²) in [5, 5.41) is 4.19. The zero-order valence-electron chi connectivity index (χ0n) is 9.31. The lowest BCUT2D eigenvalue weighted by atomic mass is 10.4. The first-order chi connectivity index (χ1) is 8.02. The Kier molecular flexibility index (Phi) is 4.70. The summed E-state index contributed by atoms with van der Waals surface area (Å²) in [6.07, 6.45) is 1.35. The number of H-pyrrole nitrogens is 1. The summed E-state index contributed by atoms with van der Waals surface area (Å²) in [5.74, 6) is -0.458. The first-order valence-electron chi connectivity index (χ1n) is 4.77. The number of aromatic amines is 1. The highest BCUT2D eigenvalue weighted by Gasteiger charge is 2.17. The van der Waals surface area contributed by atoms with E-state index in [-0.39, 0.29) is 5.56 Å². The highest BCUT2D eigenvalue weighted by molar-refractivity contribution is 8.00. The van der Waals surface area contributed by atoms with Crippen LogP contribution in [0.3, 0.4) is 0 Å². The van der Waals surface area contributed by atoms with E-state index in [0.717, 1.165) is 11.8 Å². The van der Waals surface area contributed by atoms with Gasteiger partial charge in [-0.3, -0.25) is 14.9 Å². The maximum atomic E-state index is 11.5. The maximum Gasteiger partial charge on any atom is 0.321 e. The number of aromatic nitrogens is 2. The molecule has 3 N–H and O–H groups in total. The van der Waals surface area contributed by atoms with Crippen molar-refractivity contribution in [2.24, 2.45) is 0 Å². The molecule has 1 heterocycles. The van der Waals surface area contributed by atoms with E-state index in [1.807, 2.05) is 0 Å². The van der Waals surface area contributed by atoms with Crippen LogP contribution in [-0.4, -0.2) is 34.2 Å². The van der Waals surface area contributed by atoms with Gasteiger partial charge in [0.05, 0.1) is 5.25 Å². The van der Waals surface area contributed by atoms with E-state index in [2.05, 4.69) is 20.6 Å². The number of amides is 3. The van der Waals surface area contributed by atoms with Gasteiger partial charge in [0.15, 0.2) is 5.16 Å². The van der Waals surface area contributed by atoms with E-state index in [1.54, 1.807) is 6.92 Å². The number of nitrogens with zero attached hydrogens (tertiary/aromatic N) is 1. The Hall–Kier alpha value is -1.83. The fraction of sp³-hybridized carbons (Fsp3) is 0.333. The Morgan fingerprint density at radius 2 is 2.24 bits per heavy atom. The fourth-order valence-electron chi connectivity index (χ4n) is 0.909. The lowest BCUT2D eigenvalue weighted by Gasteiger charge is -2.09. The first kappa shape index (κ1) is 13.2. The molecule has 8 heteroatoms. The molecule has 1 rings (SSSR count). The fourth-order valence-corrected chi connectivity index (χ4v) is 1.69. The van der Waals surface area contributed by atoms with Gasteiger partial charge in [-0.05, 0) is 6.92 Å². The molecule has 0 aliphatic heterocycles. The lowest BCUT2D eigenvalue weighted by Crippen LogP contribution is -2.41. The number of carbonyl (C=O) groups is 2. The first-order valence-corrected chi connectivity index (χ1v) is 5.65. The van der Waals surface area contributed by atoms with Crippen molar-refractivity contribution < 1.29 is 9.59 Å². The van der Waals surface area contributed by atoms with Crippen LogP contribution in [0.15, 0.2) is 22.2 Å². The van der Waals surface area contributed by atoms with E-state index in [0.29, 0.717) is 5.16 Å². The second-order valence-electron chi connectivity index (χ2n) is 3.07. The quantitative estimate of drug-likeness (QED) is 0.509. The van der Waals surface area contributed by atoms with Crippen LogP contribution in [0.1, 0.15) is 6.92 Å². The van der Waals surface area contributed by atoms with Crippen molar-refractivity contribution in [1.82, 2.24) is 20.6 Å². The van der Waals surface area contributed by atoms with Gasteiger partial charge in [-0.1, -0.05) is 11.8 Å². The normalized spacial score (nSPS) is 11.6. The molecule has 0 aliphatic rings. The Bertz CT molecular complexity index is 473. The number of nitrogens with one attached hydrogen (secondary N) is 3. The molecule has 0 saturated carbocycles. The van der Waals surface area contributed by atoms with E-state index in [1.165, 1.54) is 19.3 Å². The van der Waals surface area contributed by atoms with Gasteiger partial charge in [0, 0.05) is 19.3 Å². The molecule has 0 bridgehead atoms. The van der Waals surface area contributed by atoms with Gasteiger partial charge < -0.3 is 10.3 Å². The summed E-state index contributed by atoms with van der Waals surface area (Å²) < 4.78 is 0. The number of hydrogen-bond donors (Lipinski definition) is 3. The SMILES string of the molecule is CNC(=O)NC(=O)[C@H](C)Sc1nccc(=O)[nH]1. The zero-order valence-corrected chi connectivity index (χ0v) is 10.1. The van der Waals surface area contributed by atoms with Crippen molar-refractivity contribution in [3.05, 3.63) is 22.6 Å². The molecule has 0 saturated heterocycles. The van der Waals surface area contributed by atoms with Crippen molar-refractivity contribution in [2.75, 3.05) is 7.05 Å². The Balaban J connectivity index is 2.60. The van der Waals surface area contributed by atoms with Crippen LogP contribution in [0.5, 0.6) is 0 Å². The number of rotatable bonds is 3. The number of carbonyl (C=O) groups excluding carboxylic acids is 2. The highest BCUT2D eigenvalue weighted by Crippen LogP contribution is 2.17. The molecule has 92 valence electrons. The minimum atomic E-state index is -0.572. The standard InChI is InChI=1S/C9H12N4O3S/c1-5(7(15)13-8(16)10-2)17-9-11-4-3-6(14)12-9/h3-5H,1-2H3,(H,11,12,14)(H2,10,13,15,16)/t5-/m0/s1. The van der Waals surface area contributed by atoms with Crippen LogP contribution < -0.4 is 16.2 Å². The van der Waals surface area contributed by atoms with Crippen molar-refractivity contribution in [1.29, 1.82) is 0 Å². The summed E-state index contributed by atoms with van der Waals surface area (Å²) in [4.78, 5) is 39.8.